The van der Waals surface area contributed by atoms with Crippen LogP contribution in [0.3, 0.4) is 0 Å². The van der Waals surface area contributed by atoms with Crippen molar-refractivity contribution in [1.82, 2.24) is 10.2 Å². The van der Waals surface area contributed by atoms with Gasteiger partial charge in [-0.25, -0.2) is 4.79 Å². The van der Waals surface area contributed by atoms with Crippen LogP contribution in [0.5, 0.6) is 0 Å². The Balaban J connectivity index is 1.79. The van der Waals surface area contributed by atoms with E-state index in [1.54, 1.807) is 4.90 Å². The highest BCUT2D eigenvalue weighted by molar-refractivity contribution is 6.07. The maximum absolute atomic E-state index is 12.0. The zero-order chi connectivity index (χ0) is 11.9. The van der Waals surface area contributed by atoms with Crippen LogP contribution in [-0.2, 0) is 9.53 Å². The first-order chi connectivity index (χ1) is 8.22. The Bertz CT molecular complexity index is 344. The third-order valence-electron chi connectivity index (χ3n) is 4.25. The molecule has 2 aliphatic heterocycles. The van der Waals surface area contributed by atoms with E-state index in [2.05, 4.69) is 5.32 Å². The second-order valence-corrected chi connectivity index (χ2v) is 5.24. The van der Waals surface area contributed by atoms with Crippen molar-refractivity contribution in [3.63, 3.8) is 0 Å². The number of urea groups is 1. The molecule has 1 N–H and O–H groups in total. The quantitative estimate of drug-likeness (QED) is 0.731. The zero-order valence-electron chi connectivity index (χ0n) is 9.91. The lowest BCUT2D eigenvalue weighted by molar-refractivity contribution is -0.126. The molecule has 0 bridgehead atoms. The summed E-state index contributed by atoms with van der Waals surface area (Å²) in [5, 5.41) is 2.47. The number of imide groups is 1. The van der Waals surface area contributed by atoms with Gasteiger partial charge >= 0.3 is 6.03 Å². The summed E-state index contributed by atoms with van der Waals surface area (Å²) in [6, 6.07) is -0.229. The molecule has 0 aromatic heterocycles. The van der Waals surface area contributed by atoms with Crippen molar-refractivity contribution < 1.29 is 14.3 Å². The van der Waals surface area contributed by atoms with Crippen LogP contribution in [0, 0.1) is 0 Å². The van der Waals surface area contributed by atoms with E-state index < -0.39 is 5.54 Å². The van der Waals surface area contributed by atoms with Crippen molar-refractivity contribution in [2.45, 2.75) is 50.2 Å². The highest BCUT2D eigenvalue weighted by atomic mass is 16.5. The number of nitrogens with one attached hydrogen (secondary N) is 1. The molecule has 1 atom stereocenters. The summed E-state index contributed by atoms with van der Waals surface area (Å²) in [7, 11) is 0. The zero-order valence-corrected chi connectivity index (χ0v) is 9.91. The summed E-state index contributed by atoms with van der Waals surface area (Å²) in [5.74, 6) is -0.0991. The highest BCUT2D eigenvalue weighted by Crippen LogP contribution is 2.39. The first-order valence-corrected chi connectivity index (χ1v) is 6.47. The predicted molar refractivity (Wildman–Crippen MR) is 60.4 cm³/mol. The monoisotopic (exact) mass is 238 g/mol. The van der Waals surface area contributed by atoms with E-state index in [9.17, 15) is 9.59 Å². The maximum atomic E-state index is 12.0. The number of hydrogen-bond donors (Lipinski definition) is 1. The van der Waals surface area contributed by atoms with E-state index in [0.29, 0.717) is 6.54 Å². The molecule has 5 heteroatoms. The van der Waals surface area contributed by atoms with Crippen molar-refractivity contribution in [2.24, 2.45) is 0 Å². The minimum Gasteiger partial charge on any atom is -0.376 e. The van der Waals surface area contributed by atoms with Crippen molar-refractivity contribution in [1.29, 1.82) is 0 Å². The van der Waals surface area contributed by atoms with Crippen molar-refractivity contribution in [3.8, 4) is 0 Å². The fraction of sp³-hybridized carbons (Fsp3) is 0.833. The number of hydrogen-bond acceptors (Lipinski definition) is 3. The molecule has 3 fully saturated rings. The second-order valence-electron chi connectivity index (χ2n) is 5.24. The Morgan fingerprint density at radius 3 is 2.71 bits per heavy atom. The first kappa shape index (κ1) is 11.0. The van der Waals surface area contributed by atoms with Gasteiger partial charge in [-0.2, -0.15) is 0 Å². The largest absolute Gasteiger partial charge is 0.376 e. The molecular weight excluding hydrogens is 220 g/mol. The molecule has 1 spiro atoms. The fourth-order valence-electron chi connectivity index (χ4n) is 3.30. The maximum Gasteiger partial charge on any atom is 0.325 e. The molecule has 17 heavy (non-hydrogen) atoms. The van der Waals surface area contributed by atoms with Gasteiger partial charge in [-0.15, -0.1) is 0 Å². The van der Waals surface area contributed by atoms with Gasteiger partial charge in [0.05, 0.1) is 6.10 Å². The molecule has 94 valence electrons. The molecule has 0 aromatic carbocycles. The van der Waals surface area contributed by atoms with Crippen LogP contribution in [0.1, 0.15) is 38.5 Å². The fourth-order valence-corrected chi connectivity index (χ4v) is 3.30. The number of carbonyl (C=O) groups excluding carboxylic acids is 2. The first-order valence-electron chi connectivity index (χ1n) is 6.47. The molecule has 3 aliphatic rings. The SMILES string of the molecule is O=C1NC(=O)C2(CCCC2)N1CC1CCCO1. The minimum absolute atomic E-state index is 0.0991. The Labute approximate surface area is 100 Å². The van der Waals surface area contributed by atoms with E-state index in [4.69, 9.17) is 4.74 Å². The topological polar surface area (TPSA) is 58.6 Å². The number of amides is 3. The molecule has 3 rings (SSSR count). The molecule has 0 radical (unpaired) electrons. The summed E-state index contributed by atoms with van der Waals surface area (Å²) in [6.45, 7) is 1.35. The molecule has 5 nitrogen and oxygen atoms in total. The molecule has 0 aromatic rings. The Kier molecular flexibility index (Phi) is 2.58. The molecular formula is C12H18N2O3. The lowest BCUT2D eigenvalue weighted by atomic mass is 9.95. The van der Waals surface area contributed by atoms with Crippen molar-refractivity contribution in [2.75, 3.05) is 13.2 Å². The lowest BCUT2D eigenvalue weighted by Gasteiger charge is -2.32. The van der Waals surface area contributed by atoms with Crippen molar-refractivity contribution >= 4 is 11.9 Å². The second kappa shape index (κ2) is 3.98. The van der Waals surface area contributed by atoms with Crippen LogP contribution < -0.4 is 5.32 Å². The van der Waals surface area contributed by atoms with Crippen LogP contribution >= 0.6 is 0 Å². The van der Waals surface area contributed by atoms with Crippen LogP contribution in [0.15, 0.2) is 0 Å². The number of nitrogens with zero attached hydrogens (tertiary/aromatic N) is 1. The van der Waals surface area contributed by atoms with Crippen LogP contribution in [0.25, 0.3) is 0 Å². The summed E-state index contributed by atoms with van der Waals surface area (Å²) >= 11 is 0. The van der Waals surface area contributed by atoms with E-state index >= 15 is 0 Å². The van der Waals surface area contributed by atoms with Gasteiger partial charge in [-0.1, -0.05) is 12.8 Å². The van der Waals surface area contributed by atoms with E-state index in [1.807, 2.05) is 0 Å². The van der Waals surface area contributed by atoms with Gasteiger partial charge in [0.25, 0.3) is 5.91 Å². The Morgan fingerprint density at radius 2 is 2.06 bits per heavy atom. The summed E-state index contributed by atoms with van der Waals surface area (Å²) in [4.78, 5) is 25.6. The minimum atomic E-state index is -0.553. The van der Waals surface area contributed by atoms with Gasteiger partial charge < -0.3 is 9.64 Å². The molecule has 2 saturated heterocycles. The van der Waals surface area contributed by atoms with Gasteiger partial charge in [-0.05, 0) is 25.7 Å². The molecule has 1 saturated carbocycles. The molecule has 1 unspecified atom stereocenters. The van der Waals surface area contributed by atoms with Gasteiger partial charge in [0.2, 0.25) is 0 Å². The lowest BCUT2D eigenvalue weighted by Crippen LogP contribution is -2.50. The summed E-state index contributed by atoms with van der Waals surface area (Å²) in [6.07, 6.45) is 5.83. The Hall–Kier alpha value is -1.10. The molecule has 3 amide bonds. The third-order valence-corrected chi connectivity index (χ3v) is 4.25. The number of rotatable bonds is 2. The number of ether oxygens (including phenoxy) is 1. The molecule has 2 heterocycles. The van der Waals surface area contributed by atoms with Gasteiger partial charge in [-0.3, -0.25) is 10.1 Å². The third kappa shape index (κ3) is 1.64. The van der Waals surface area contributed by atoms with Crippen LogP contribution in [0.2, 0.25) is 0 Å². The smallest absolute Gasteiger partial charge is 0.325 e. The normalized spacial score (nSPS) is 31.5. The molecule has 1 aliphatic carbocycles. The summed E-state index contributed by atoms with van der Waals surface area (Å²) < 4.78 is 5.57. The average molecular weight is 238 g/mol. The standard InChI is InChI=1S/C12H18N2O3/c15-10-12(5-1-2-6-12)14(11(16)13-10)8-9-4-3-7-17-9/h9H,1-8H2,(H,13,15,16). The van der Waals surface area contributed by atoms with Gasteiger partial charge in [0, 0.05) is 13.2 Å². The summed E-state index contributed by atoms with van der Waals surface area (Å²) in [5.41, 5.74) is -0.553. The number of carbonyl (C=O) groups is 2. The van der Waals surface area contributed by atoms with E-state index in [-0.39, 0.29) is 18.0 Å². The van der Waals surface area contributed by atoms with Crippen LogP contribution in [-0.4, -0.2) is 41.6 Å². The average Bonchev–Trinajstić information content (AvgIpc) is 3.00. The van der Waals surface area contributed by atoms with E-state index in [0.717, 1.165) is 45.1 Å². The highest BCUT2D eigenvalue weighted by Gasteiger charge is 2.54. The van der Waals surface area contributed by atoms with Crippen LogP contribution in [0.4, 0.5) is 4.79 Å². The van der Waals surface area contributed by atoms with Crippen molar-refractivity contribution in [3.05, 3.63) is 0 Å². The predicted octanol–water partition coefficient (Wildman–Crippen LogP) is 1.03. The van der Waals surface area contributed by atoms with Gasteiger partial charge in [0.1, 0.15) is 5.54 Å². The van der Waals surface area contributed by atoms with Gasteiger partial charge in [0.15, 0.2) is 0 Å². The van der Waals surface area contributed by atoms with E-state index in [1.165, 1.54) is 0 Å². The Morgan fingerprint density at radius 1 is 1.29 bits per heavy atom.